The number of benzene rings is 3. The number of fused-ring (bicyclic) bond motifs is 2. The number of nitro benzene ring substituents is 1. The molecule has 7 rings (SSSR count). The van der Waals surface area contributed by atoms with E-state index in [2.05, 4.69) is 0 Å². The van der Waals surface area contributed by atoms with E-state index in [4.69, 9.17) is 35.2 Å². The number of carbonyl (C=O) groups is 1. The van der Waals surface area contributed by atoms with Crippen molar-refractivity contribution >= 4 is 46.4 Å². The van der Waals surface area contributed by atoms with Crippen molar-refractivity contribution in [2.75, 3.05) is 13.4 Å². The zero-order valence-corrected chi connectivity index (χ0v) is 25.5. The lowest BCUT2D eigenvalue weighted by molar-refractivity contribution is -0.384. The van der Waals surface area contributed by atoms with E-state index in [9.17, 15) is 19.7 Å². The van der Waals surface area contributed by atoms with Crippen molar-refractivity contribution in [3.63, 3.8) is 0 Å². The Morgan fingerprint density at radius 1 is 1.11 bits per heavy atom. The highest BCUT2D eigenvalue weighted by atomic mass is 35.5. The van der Waals surface area contributed by atoms with Crippen LogP contribution in [-0.4, -0.2) is 28.9 Å². The summed E-state index contributed by atoms with van der Waals surface area (Å²) in [4.78, 5) is 44.1. The van der Waals surface area contributed by atoms with Crippen LogP contribution in [0, 0.1) is 10.1 Å². The molecule has 1 atom stereocenters. The van der Waals surface area contributed by atoms with Crippen molar-refractivity contribution in [3.8, 4) is 22.8 Å². The fourth-order valence-electron chi connectivity index (χ4n) is 5.41. The Hall–Kier alpha value is -5.46. The third kappa shape index (κ3) is 5.17. The summed E-state index contributed by atoms with van der Waals surface area (Å²) in [6.45, 7) is 1.89. The maximum Gasteiger partial charge on any atom is 0.338 e. The highest BCUT2D eigenvalue weighted by Crippen LogP contribution is 2.40. The predicted molar refractivity (Wildman–Crippen MR) is 169 cm³/mol. The molecule has 0 N–H and O–H groups in total. The van der Waals surface area contributed by atoms with Crippen molar-refractivity contribution in [2.45, 2.75) is 13.0 Å². The number of ether oxygens (including phenoxy) is 3. The van der Waals surface area contributed by atoms with Gasteiger partial charge in [0.2, 0.25) is 6.79 Å². The first-order valence-corrected chi connectivity index (χ1v) is 15.2. The number of hydrogen-bond donors (Lipinski definition) is 0. The lowest BCUT2D eigenvalue weighted by Gasteiger charge is -2.26. The fourth-order valence-corrected chi connectivity index (χ4v) is 6.55. The normalized spacial score (nSPS) is 15.4. The van der Waals surface area contributed by atoms with Crippen LogP contribution in [0.25, 0.3) is 23.1 Å². The summed E-state index contributed by atoms with van der Waals surface area (Å²) < 4.78 is 24.3. The van der Waals surface area contributed by atoms with E-state index in [1.54, 1.807) is 43.3 Å². The average Bonchev–Trinajstić information content (AvgIpc) is 3.80. The Morgan fingerprint density at radius 2 is 1.91 bits per heavy atom. The zero-order valence-electron chi connectivity index (χ0n) is 24.0. The minimum atomic E-state index is -0.911. The Balaban J connectivity index is 1.42. The fraction of sp³-hybridized carbons (Fsp3) is 0.121. The van der Waals surface area contributed by atoms with Gasteiger partial charge < -0.3 is 18.6 Å². The third-order valence-corrected chi connectivity index (χ3v) is 8.63. The largest absolute Gasteiger partial charge is 0.463 e. The van der Waals surface area contributed by atoms with Crippen molar-refractivity contribution in [2.24, 2.45) is 4.99 Å². The molecule has 3 aromatic carbocycles. The number of nitro groups is 1. The smallest absolute Gasteiger partial charge is 0.338 e. The average molecular weight is 656 g/mol. The summed E-state index contributed by atoms with van der Waals surface area (Å²) in [6, 6.07) is 21.0. The van der Waals surface area contributed by atoms with Crippen LogP contribution in [0.1, 0.15) is 29.9 Å². The Kier molecular flexibility index (Phi) is 7.51. The van der Waals surface area contributed by atoms with Crippen LogP contribution in [0.2, 0.25) is 5.02 Å². The van der Waals surface area contributed by atoms with E-state index in [-0.39, 0.29) is 51.3 Å². The second-order valence-corrected chi connectivity index (χ2v) is 11.6. The lowest BCUT2D eigenvalue weighted by atomic mass is 9.93. The highest BCUT2D eigenvalue weighted by molar-refractivity contribution is 7.07. The molecule has 2 aromatic heterocycles. The first-order chi connectivity index (χ1) is 22.3. The third-order valence-electron chi connectivity index (χ3n) is 7.41. The van der Waals surface area contributed by atoms with Crippen LogP contribution >= 0.6 is 22.9 Å². The van der Waals surface area contributed by atoms with Gasteiger partial charge in [0.15, 0.2) is 16.3 Å². The summed E-state index contributed by atoms with van der Waals surface area (Å²) in [5.74, 6) is 0.951. The molecule has 230 valence electrons. The molecule has 0 bridgehead atoms. The Bertz CT molecular complexity index is 2250. The summed E-state index contributed by atoms with van der Waals surface area (Å²) in [7, 11) is 0. The van der Waals surface area contributed by atoms with E-state index in [0.717, 1.165) is 11.3 Å². The molecule has 0 saturated carbocycles. The summed E-state index contributed by atoms with van der Waals surface area (Å²) >= 11 is 7.10. The standard InChI is InChI=1S/C33H22ClN3O8S/c1-2-42-32(39)28-29(18-6-4-3-5-7-18)35-33-36(30(28)19-8-12-25-26(14-19)44-17-43-25)31(38)27(46-33)16-21-10-13-24(45-21)22-11-9-20(34)15-23(22)37(40)41/h3-16,30H,2,17H2,1H3/b27-16+/t30-/m1/s1. The second kappa shape index (κ2) is 11.8. The van der Waals surface area contributed by atoms with Gasteiger partial charge in [-0.3, -0.25) is 19.5 Å². The van der Waals surface area contributed by atoms with Crippen molar-refractivity contribution in [1.82, 2.24) is 4.57 Å². The van der Waals surface area contributed by atoms with Gasteiger partial charge in [0.25, 0.3) is 11.2 Å². The second-order valence-electron chi connectivity index (χ2n) is 10.2. The molecular formula is C33H22ClN3O8S. The molecule has 2 aliphatic heterocycles. The molecule has 5 aromatic rings. The Morgan fingerprint density at radius 3 is 2.70 bits per heavy atom. The number of hydrogen-bond acceptors (Lipinski definition) is 10. The minimum absolute atomic E-state index is 0.0572. The zero-order chi connectivity index (χ0) is 31.9. The number of furan rings is 1. The van der Waals surface area contributed by atoms with Gasteiger partial charge in [0, 0.05) is 22.7 Å². The SMILES string of the molecule is CCOC(=O)C1=C(c2ccccc2)N=c2s/c(=C/c3ccc(-c4ccc(Cl)cc4[N+](=O)[O-])o3)c(=O)n2[C@@H]1c1ccc2c(c1)OCO2. The molecule has 46 heavy (non-hydrogen) atoms. The highest BCUT2D eigenvalue weighted by Gasteiger charge is 2.36. The van der Waals surface area contributed by atoms with Crippen LogP contribution in [0.15, 0.2) is 98.6 Å². The van der Waals surface area contributed by atoms with Gasteiger partial charge in [-0.15, -0.1) is 0 Å². The Labute approximate surface area is 269 Å². The summed E-state index contributed by atoms with van der Waals surface area (Å²) in [5, 5.41) is 11.9. The molecule has 4 heterocycles. The van der Waals surface area contributed by atoms with Gasteiger partial charge in [0.05, 0.1) is 38.9 Å². The summed E-state index contributed by atoms with van der Waals surface area (Å²) in [5.41, 5.74) is 1.45. The van der Waals surface area contributed by atoms with Crippen molar-refractivity contribution < 1.29 is 28.3 Å². The number of esters is 1. The molecule has 11 nitrogen and oxygen atoms in total. The number of carbonyl (C=O) groups excluding carboxylic acids is 1. The number of rotatable bonds is 7. The van der Waals surface area contributed by atoms with E-state index in [1.807, 2.05) is 30.3 Å². The number of nitrogens with zero attached hydrogens (tertiary/aromatic N) is 3. The summed E-state index contributed by atoms with van der Waals surface area (Å²) in [6.07, 6.45) is 1.54. The molecular weight excluding hydrogens is 634 g/mol. The van der Waals surface area contributed by atoms with E-state index < -0.39 is 22.5 Å². The van der Waals surface area contributed by atoms with Gasteiger partial charge in [-0.25, -0.2) is 9.79 Å². The van der Waals surface area contributed by atoms with Crippen LogP contribution in [-0.2, 0) is 9.53 Å². The van der Waals surface area contributed by atoms with Crippen LogP contribution in [0.4, 0.5) is 5.69 Å². The van der Waals surface area contributed by atoms with Gasteiger partial charge in [0.1, 0.15) is 11.5 Å². The molecule has 0 spiro atoms. The van der Waals surface area contributed by atoms with Gasteiger partial charge in [-0.2, -0.15) is 0 Å². The van der Waals surface area contributed by atoms with E-state index in [0.29, 0.717) is 33.1 Å². The predicted octanol–water partition coefficient (Wildman–Crippen LogP) is 5.49. The van der Waals surface area contributed by atoms with Crippen LogP contribution < -0.4 is 24.4 Å². The molecule has 2 aliphatic rings. The number of halogens is 1. The van der Waals surface area contributed by atoms with E-state index in [1.165, 1.54) is 22.8 Å². The molecule has 0 saturated heterocycles. The minimum Gasteiger partial charge on any atom is -0.463 e. The van der Waals surface area contributed by atoms with E-state index >= 15 is 0 Å². The van der Waals surface area contributed by atoms with Crippen molar-refractivity contribution in [1.29, 1.82) is 0 Å². The van der Waals surface area contributed by atoms with Crippen molar-refractivity contribution in [3.05, 3.63) is 136 Å². The quantitative estimate of drug-likeness (QED) is 0.128. The molecule has 13 heteroatoms. The molecule has 0 amide bonds. The maximum absolute atomic E-state index is 14.2. The molecule has 0 fully saturated rings. The first-order valence-electron chi connectivity index (χ1n) is 14.0. The van der Waals surface area contributed by atoms with Gasteiger partial charge in [-0.05, 0) is 48.9 Å². The maximum atomic E-state index is 14.2. The van der Waals surface area contributed by atoms with Gasteiger partial charge >= 0.3 is 5.97 Å². The monoisotopic (exact) mass is 655 g/mol. The first kappa shape index (κ1) is 29.3. The topological polar surface area (TPSA) is 135 Å². The van der Waals surface area contributed by atoms with Gasteiger partial charge in [-0.1, -0.05) is 59.3 Å². The lowest BCUT2D eigenvalue weighted by Crippen LogP contribution is -2.40. The number of aromatic nitrogens is 1. The molecule has 0 unspecified atom stereocenters. The van der Waals surface area contributed by atoms with Crippen LogP contribution in [0.5, 0.6) is 11.5 Å². The number of thiazole rings is 1. The molecule has 0 radical (unpaired) electrons. The molecule has 0 aliphatic carbocycles. The van der Waals surface area contributed by atoms with Crippen LogP contribution in [0.3, 0.4) is 0 Å².